The number of rotatable bonds is 8. The van der Waals surface area contributed by atoms with Gasteiger partial charge < -0.3 is 20.0 Å². The van der Waals surface area contributed by atoms with Crippen LogP contribution < -0.4 is 5.32 Å². The van der Waals surface area contributed by atoms with Crippen LogP contribution in [0.15, 0.2) is 35.3 Å². The number of unbranched alkanes of at least 4 members (excludes halogenated alkanes) is 1. The van der Waals surface area contributed by atoms with Crippen molar-refractivity contribution in [2.45, 2.75) is 26.3 Å². The Bertz CT molecular complexity index is 492. The number of nitrogens with one attached hydrogen (secondary N) is 1. The minimum atomic E-state index is 0.725. The Kier molecular flexibility index (Phi) is 8.77. The van der Waals surface area contributed by atoms with E-state index in [1.165, 1.54) is 57.7 Å². The van der Waals surface area contributed by atoms with Crippen LogP contribution in [-0.2, 0) is 6.54 Å². The standard InChI is InChI=1S/C20H35N5/c1-4-24-14-16-25(17-15-24)13-9-8-12-21-20(23(2)3)22-18-19-10-6-5-7-11-19/h5-7,10-11H,4,8-9,12-18H2,1-3H3,(H,21,22). The van der Waals surface area contributed by atoms with Gasteiger partial charge in [0.2, 0.25) is 0 Å². The van der Waals surface area contributed by atoms with Crippen LogP contribution in [0.4, 0.5) is 0 Å². The van der Waals surface area contributed by atoms with Crippen molar-refractivity contribution in [3.05, 3.63) is 35.9 Å². The Morgan fingerprint density at radius 2 is 1.72 bits per heavy atom. The van der Waals surface area contributed by atoms with Crippen molar-refractivity contribution >= 4 is 5.96 Å². The number of benzene rings is 1. The van der Waals surface area contributed by atoms with Gasteiger partial charge in [0.25, 0.3) is 0 Å². The monoisotopic (exact) mass is 345 g/mol. The van der Waals surface area contributed by atoms with Crippen LogP contribution in [0, 0.1) is 0 Å². The van der Waals surface area contributed by atoms with E-state index in [1.54, 1.807) is 0 Å². The number of hydrogen-bond donors (Lipinski definition) is 1. The van der Waals surface area contributed by atoms with Gasteiger partial charge in [0.15, 0.2) is 5.96 Å². The number of likely N-dealkylation sites (N-methyl/N-ethyl adjacent to an activating group) is 1. The summed E-state index contributed by atoms with van der Waals surface area (Å²) in [6.45, 7) is 11.3. The van der Waals surface area contributed by atoms with Crippen LogP contribution in [0.5, 0.6) is 0 Å². The minimum absolute atomic E-state index is 0.725. The van der Waals surface area contributed by atoms with Gasteiger partial charge in [-0.25, -0.2) is 4.99 Å². The molecule has 0 saturated carbocycles. The van der Waals surface area contributed by atoms with Crippen molar-refractivity contribution < 1.29 is 0 Å². The molecule has 0 spiro atoms. The van der Waals surface area contributed by atoms with Crippen LogP contribution in [0.2, 0.25) is 0 Å². The fraction of sp³-hybridized carbons (Fsp3) is 0.650. The van der Waals surface area contributed by atoms with Crippen molar-refractivity contribution in [3.63, 3.8) is 0 Å². The first-order chi connectivity index (χ1) is 12.2. The third-order valence-corrected chi connectivity index (χ3v) is 4.77. The highest BCUT2D eigenvalue weighted by Crippen LogP contribution is 2.03. The molecular weight excluding hydrogens is 310 g/mol. The Hall–Kier alpha value is -1.59. The Morgan fingerprint density at radius 3 is 2.36 bits per heavy atom. The maximum Gasteiger partial charge on any atom is 0.193 e. The molecule has 0 bridgehead atoms. The molecule has 25 heavy (non-hydrogen) atoms. The van der Waals surface area contributed by atoms with Gasteiger partial charge in [-0.15, -0.1) is 0 Å². The molecule has 1 saturated heterocycles. The molecule has 0 radical (unpaired) electrons. The smallest absolute Gasteiger partial charge is 0.193 e. The number of guanidine groups is 1. The van der Waals surface area contributed by atoms with Gasteiger partial charge in [-0.3, -0.25) is 0 Å². The molecule has 140 valence electrons. The van der Waals surface area contributed by atoms with E-state index in [0.717, 1.165) is 19.0 Å². The quantitative estimate of drug-likeness (QED) is 0.445. The molecule has 1 aromatic carbocycles. The van der Waals surface area contributed by atoms with Crippen molar-refractivity contribution in [1.29, 1.82) is 0 Å². The second kappa shape index (κ2) is 11.1. The van der Waals surface area contributed by atoms with Crippen molar-refractivity contribution in [1.82, 2.24) is 20.0 Å². The second-order valence-corrected chi connectivity index (χ2v) is 6.93. The summed E-state index contributed by atoms with van der Waals surface area (Å²) in [6, 6.07) is 10.4. The highest BCUT2D eigenvalue weighted by atomic mass is 15.3. The molecule has 0 aliphatic carbocycles. The highest BCUT2D eigenvalue weighted by Gasteiger charge is 2.14. The summed E-state index contributed by atoms with van der Waals surface area (Å²) in [7, 11) is 4.09. The lowest BCUT2D eigenvalue weighted by Gasteiger charge is -2.34. The van der Waals surface area contributed by atoms with Crippen molar-refractivity contribution in [2.75, 3.05) is 59.9 Å². The first kappa shape index (κ1) is 19.7. The highest BCUT2D eigenvalue weighted by molar-refractivity contribution is 5.79. The Morgan fingerprint density at radius 1 is 1.04 bits per heavy atom. The normalized spacial score (nSPS) is 16.8. The Balaban J connectivity index is 1.63. The van der Waals surface area contributed by atoms with Gasteiger partial charge in [0, 0.05) is 46.8 Å². The maximum absolute atomic E-state index is 4.71. The summed E-state index contributed by atoms with van der Waals surface area (Å²) < 4.78 is 0. The van der Waals surface area contributed by atoms with Gasteiger partial charge >= 0.3 is 0 Å². The molecule has 0 atom stereocenters. The zero-order chi connectivity index (χ0) is 17.9. The molecule has 1 N–H and O–H groups in total. The summed E-state index contributed by atoms with van der Waals surface area (Å²) in [5.74, 6) is 0.973. The van der Waals surface area contributed by atoms with Gasteiger partial charge in [-0.2, -0.15) is 0 Å². The lowest BCUT2D eigenvalue weighted by atomic mass is 10.2. The summed E-state index contributed by atoms with van der Waals surface area (Å²) >= 11 is 0. The lowest BCUT2D eigenvalue weighted by molar-refractivity contribution is 0.136. The van der Waals surface area contributed by atoms with Gasteiger partial charge in [0.1, 0.15) is 0 Å². The molecule has 5 heteroatoms. The molecular formula is C20H35N5. The van der Waals surface area contributed by atoms with E-state index < -0.39 is 0 Å². The number of piperazine rings is 1. The summed E-state index contributed by atoms with van der Waals surface area (Å²) in [6.07, 6.45) is 2.44. The molecule has 1 heterocycles. The molecule has 0 amide bonds. The fourth-order valence-electron chi connectivity index (χ4n) is 3.09. The number of nitrogens with zero attached hydrogens (tertiary/aromatic N) is 4. The minimum Gasteiger partial charge on any atom is -0.356 e. The molecule has 1 fully saturated rings. The van der Waals surface area contributed by atoms with E-state index in [1.807, 2.05) is 20.2 Å². The molecule has 1 aliphatic heterocycles. The average Bonchev–Trinajstić information content (AvgIpc) is 2.65. The van der Waals surface area contributed by atoms with Gasteiger partial charge in [-0.1, -0.05) is 37.3 Å². The third-order valence-electron chi connectivity index (χ3n) is 4.77. The first-order valence-electron chi connectivity index (χ1n) is 9.63. The van der Waals surface area contributed by atoms with E-state index in [2.05, 4.69) is 51.2 Å². The van der Waals surface area contributed by atoms with E-state index in [-0.39, 0.29) is 0 Å². The van der Waals surface area contributed by atoms with Gasteiger partial charge in [-0.05, 0) is 31.5 Å². The predicted octanol–water partition coefficient (Wildman–Crippen LogP) is 2.11. The maximum atomic E-state index is 4.71. The molecule has 2 rings (SSSR count). The number of hydrogen-bond acceptors (Lipinski definition) is 3. The topological polar surface area (TPSA) is 34.1 Å². The molecule has 1 aromatic rings. The molecule has 1 aliphatic rings. The first-order valence-corrected chi connectivity index (χ1v) is 9.63. The Labute approximate surface area is 153 Å². The molecule has 0 aromatic heterocycles. The molecule has 5 nitrogen and oxygen atoms in total. The van der Waals surface area contributed by atoms with Crippen LogP contribution in [0.1, 0.15) is 25.3 Å². The largest absolute Gasteiger partial charge is 0.356 e. The zero-order valence-corrected chi connectivity index (χ0v) is 16.2. The van der Waals surface area contributed by atoms with Crippen LogP contribution in [0.25, 0.3) is 0 Å². The van der Waals surface area contributed by atoms with E-state index >= 15 is 0 Å². The van der Waals surface area contributed by atoms with E-state index in [4.69, 9.17) is 4.99 Å². The predicted molar refractivity (Wildman–Crippen MR) is 107 cm³/mol. The lowest BCUT2D eigenvalue weighted by Crippen LogP contribution is -2.46. The average molecular weight is 346 g/mol. The van der Waals surface area contributed by atoms with E-state index in [9.17, 15) is 0 Å². The van der Waals surface area contributed by atoms with Gasteiger partial charge in [0.05, 0.1) is 6.54 Å². The number of aliphatic imine (C=N–C) groups is 1. The third kappa shape index (κ3) is 7.45. The SMILES string of the molecule is CCN1CCN(CCCCNC(=NCc2ccccc2)N(C)C)CC1. The van der Waals surface area contributed by atoms with Crippen LogP contribution in [0.3, 0.4) is 0 Å². The summed E-state index contributed by atoms with van der Waals surface area (Å²) in [5.41, 5.74) is 1.25. The van der Waals surface area contributed by atoms with Crippen LogP contribution in [-0.4, -0.2) is 80.6 Å². The second-order valence-electron chi connectivity index (χ2n) is 6.93. The summed E-state index contributed by atoms with van der Waals surface area (Å²) in [4.78, 5) is 11.9. The summed E-state index contributed by atoms with van der Waals surface area (Å²) in [5, 5.41) is 3.49. The van der Waals surface area contributed by atoms with Crippen LogP contribution >= 0.6 is 0 Å². The van der Waals surface area contributed by atoms with E-state index in [0.29, 0.717) is 0 Å². The molecule has 0 unspecified atom stereocenters. The van der Waals surface area contributed by atoms with Crippen molar-refractivity contribution in [2.24, 2.45) is 4.99 Å². The fourth-order valence-corrected chi connectivity index (χ4v) is 3.09. The zero-order valence-electron chi connectivity index (χ0n) is 16.2. The van der Waals surface area contributed by atoms with Crippen molar-refractivity contribution in [3.8, 4) is 0 Å².